The average Bonchev–Trinajstić information content (AvgIpc) is 3.05. The van der Waals surface area contributed by atoms with Gasteiger partial charge in [-0.15, -0.1) is 0 Å². The Morgan fingerprint density at radius 3 is 2.61 bits per heavy atom. The lowest BCUT2D eigenvalue weighted by molar-refractivity contribution is 0.405. The van der Waals surface area contributed by atoms with Crippen molar-refractivity contribution < 1.29 is 4.74 Å². The first kappa shape index (κ1) is 14.8. The van der Waals surface area contributed by atoms with E-state index < -0.39 is 0 Å². The molecule has 2 aromatic heterocycles. The molecular weight excluding hydrogens is 292 g/mol. The summed E-state index contributed by atoms with van der Waals surface area (Å²) in [4.78, 5) is 12.6. The third-order valence-electron chi connectivity index (χ3n) is 3.38. The number of allylic oxidation sites excluding steroid dienone is 1. The molecule has 0 aliphatic rings. The Morgan fingerprint density at radius 2 is 1.96 bits per heavy atom. The molecule has 2 heterocycles. The molecule has 6 heteroatoms. The SMILES string of the molecule is C=C(C)n1cc(OC)c(=O)c(-c2ccnn2-c2ccccc2)n1. The Morgan fingerprint density at radius 1 is 1.22 bits per heavy atom. The van der Waals surface area contributed by atoms with Gasteiger partial charge in [-0.05, 0) is 25.1 Å². The lowest BCUT2D eigenvalue weighted by atomic mass is 10.2. The summed E-state index contributed by atoms with van der Waals surface area (Å²) in [7, 11) is 1.46. The van der Waals surface area contributed by atoms with Crippen LogP contribution in [-0.4, -0.2) is 26.7 Å². The largest absolute Gasteiger partial charge is 0.491 e. The van der Waals surface area contributed by atoms with Gasteiger partial charge in [-0.25, -0.2) is 9.36 Å². The van der Waals surface area contributed by atoms with Crippen molar-refractivity contribution in [2.75, 3.05) is 7.11 Å². The quantitative estimate of drug-likeness (QED) is 0.743. The topological polar surface area (TPSA) is 61.9 Å². The molecule has 0 amide bonds. The number of ether oxygens (including phenoxy) is 1. The van der Waals surface area contributed by atoms with Crippen molar-refractivity contribution in [3.63, 3.8) is 0 Å². The van der Waals surface area contributed by atoms with Gasteiger partial charge >= 0.3 is 0 Å². The smallest absolute Gasteiger partial charge is 0.251 e. The highest BCUT2D eigenvalue weighted by Gasteiger charge is 2.17. The third kappa shape index (κ3) is 2.66. The van der Waals surface area contributed by atoms with Gasteiger partial charge in [0, 0.05) is 5.70 Å². The maximum atomic E-state index is 12.6. The zero-order valence-corrected chi connectivity index (χ0v) is 12.9. The molecule has 0 aliphatic carbocycles. The van der Waals surface area contributed by atoms with Gasteiger partial charge in [0.2, 0.25) is 0 Å². The standard InChI is InChI=1S/C17H16N4O2/c1-12(2)20-11-15(23-3)17(22)16(19-20)14-9-10-18-21(14)13-7-5-4-6-8-13/h4-11H,1H2,2-3H3. The molecule has 0 saturated carbocycles. The maximum Gasteiger partial charge on any atom is 0.251 e. The lowest BCUT2D eigenvalue weighted by Gasteiger charge is -2.11. The van der Waals surface area contributed by atoms with E-state index in [1.54, 1.807) is 23.9 Å². The number of para-hydroxylation sites is 1. The molecular formula is C17H16N4O2. The number of aromatic nitrogens is 4. The Kier molecular flexibility index (Phi) is 3.80. The van der Waals surface area contributed by atoms with E-state index in [1.807, 2.05) is 30.3 Å². The van der Waals surface area contributed by atoms with Gasteiger partial charge in [0.05, 0.1) is 30.9 Å². The molecule has 0 atom stereocenters. The first-order chi connectivity index (χ1) is 11.1. The number of hydrogen-bond donors (Lipinski definition) is 0. The van der Waals surface area contributed by atoms with Gasteiger partial charge in [-0.1, -0.05) is 24.8 Å². The predicted molar refractivity (Wildman–Crippen MR) is 88.6 cm³/mol. The Labute approximate surface area is 133 Å². The van der Waals surface area contributed by atoms with Crippen LogP contribution in [0.2, 0.25) is 0 Å². The third-order valence-corrected chi connectivity index (χ3v) is 3.38. The van der Waals surface area contributed by atoms with E-state index in [-0.39, 0.29) is 16.9 Å². The van der Waals surface area contributed by atoms with E-state index in [2.05, 4.69) is 16.8 Å². The van der Waals surface area contributed by atoms with Crippen LogP contribution in [0.15, 0.2) is 60.2 Å². The van der Waals surface area contributed by atoms with Crippen molar-refractivity contribution in [2.24, 2.45) is 0 Å². The maximum absolute atomic E-state index is 12.6. The summed E-state index contributed by atoms with van der Waals surface area (Å²) in [5, 5.41) is 8.67. The molecule has 23 heavy (non-hydrogen) atoms. The summed E-state index contributed by atoms with van der Waals surface area (Å²) in [6, 6.07) is 11.3. The Hall–Kier alpha value is -3.15. The van der Waals surface area contributed by atoms with Gasteiger partial charge in [0.25, 0.3) is 5.43 Å². The van der Waals surface area contributed by atoms with Crippen molar-refractivity contribution in [1.82, 2.24) is 19.6 Å². The van der Waals surface area contributed by atoms with Crippen molar-refractivity contribution in [1.29, 1.82) is 0 Å². The Balaban J connectivity index is 2.25. The minimum absolute atomic E-state index is 0.207. The molecule has 6 nitrogen and oxygen atoms in total. The molecule has 1 aromatic carbocycles. The number of hydrogen-bond acceptors (Lipinski definition) is 4. The highest BCUT2D eigenvalue weighted by molar-refractivity contribution is 5.59. The first-order valence-electron chi connectivity index (χ1n) is 7.05. The summed E-state index contributed by atoms with van der Waals surface area (Å²) >= 11 is 0. The summed E-state index contributed by atoms with van der Waals surface area (Å²) in [5.41, 5.74) is 2.08. The predicted octanol–water partition coefficient (Wildman–Crippen LogP) is 2.60. The summed E-state index contributed by atoms with van der Waals surface area (Å²) in [6.45, 7) is 5.65. The van der Waals surface area contributed by atoms with Crippen molar-refractivity contribution >= 4 is 5.70 Å². The molecule has 3 aromatic rings. The number of rotatable bonds is 4. The first-order valence-corrected chi connectivity index (χ1v) is 7.05. The molecule has 0 saturated heterocycles. The van der Waals surface area contributed by atoms with E-state index in [0.29, 0.717) is 11.4 Å². The second-order valence-corrected chi connectivity index (χ2v) is 5.02. The van der Waals surface area contributed by atoms with Crippen LogP contribution in [0.4, 0.5) is 0 Å². The van der Waals surface area contributed by atoms with Crippen LogP contribution in [0.1, 0.15) is 6.92 Å². The second kappa shape index (κ2) is 5.92. The highest BCUT2D eigenvalue weighted by Crippen LogP contribution is 2.20. The van der Waals surface area contributed by atoms with Gasteiger partial charge in [0.15, 0.2) is 11.4 Å². The summed E-state index contributed by atoms with van der Waals surface area (Å²) in [6.07, 6.45) is 3.16. The van der Waals surface area contributed by atoms with E-state index >= 15 is 0 Å². The average molecular weight is 308 g/mol. The number of benzene rings is 1. The van der Waals surface area contributed by atoms with Gasteiger partial charge in [-0.2, -0.15) is 10.2 Å². The molecule has 0 aliphatic heterocycles. The van der Waals surface area contributed by atoms with Crippen LogP contribution in [-0.2, 0) is 0 Å². The fourth-order valence-corrected chi connectivity index (χ4v) is 2.23. The molecule has 0 bridgehead atoms. The van der Waals surface area contributed by atoms with Crippen LogP contribution in [0.25, 0.3) is 22.8 Å². The van der Waals surface area contributed by atoms with Crippen LogP contribution in [0.3, 0.4) is 0 Å². The van der Waals surface area contributed by atoms with Crippen molar-refractivity contribution in [3.05, 3.63) is 65.6 Å². The zero-order valence-electron chi connectivity index (χ0n) is 12.9. The van der Waals surface area contributed by atoms with E-state index in [1.165, 1.54) is 18.0 Å². The number of nitrogens with zero attached hydrogens (tertiary/aromatic N) is 4. The van der Waals surface area contributed by atoms with Gasteiger partial charge in [-0.3, -0.25) is 4.79 Å². The molecule has 0 unspecified atom stereocenters. The molecule has 0 N–H and O–H groups in total. The van der Waals surface area contributed by atoms with Crippen LogP contribution < -0.4 is 10.2 Å². The fourth-order valence-electron chi connectivity index (χ4n) is 2.23. The molecule has 0 radical (unpaired) electrons. The zero-order chi connectivity index (χ0) is 16.4. The summed E-state index contributed by atoms with van der Waals surface area (Å²) in [5.74, 6) is 0.207. The van der Waals surface area contributed by atoms with Crippen LogP contribution in [0.5, 0.6) is 5.75 Å². The lowest BCUT2D eigenvalue weighted by Crippen LogP contribution is -2.17. The molecule has 0 spiro atoms. The van der Waals surface area contributed by atoms with Gasteiger partial charge in [0.1, 0.15) is 0 Å². The van der Waals surface area contributed by atoms with Gasteiger partial charge < -0.3 is 4.74 Å². The molecule has 3 rings (SSSR count). The monoisotopic (exact) mass is 308 g/mol. The van der Waals surface area contributed by atoms with Crippen LogP contribution >= 0.6 is 0 Å². The fraction of sp³-hybridized carbons (Fsp3) is 0.118. The summed E-state index contributed by atoms with van der Waals surface area (Å²) < 4.78 is 8.37. The molecule has 116 valence electrons. The highest BCUT2D eigenvalue weighted by atomic mass is 16.5. The van der Waals surface area contributed by atoms with E-state index in [9.17, 15) is 4.79 Å². The van der Waals surface area contributed by atoms with E-state index in [4.69, 9.17) is 4.74 Å². The van der Waals surface area contributed by atoms with Crippen molar-refractivity contribution in [3.8, 4) is 22.8 Å². The Bertz CT molecular complexity index is 910. The van der Waals surface area contributed by atoms with Crippen molar-refractivity contribution in [2.45, 2.75) is 6.92 Å². The normalized spacial score (nSPS) is 10.5. The van der Waals surface area contributed by atoms with Crippen LogP contribution in [0, 0.1) is 0 Å². The second-order valence-electron chi connectivity index (χ2n) is 5.02. The minimum Gasteiger partial charge on any atom is -0.491 e. The van der Waals surface area contributed by atoms with E-state index in [0.717, 1.165) is 5.69 Å². The molecule has 0 fully saturated rings. The number of methoxy groups -OCH3 is 1. The minimum atomic E-state index is -0.289.